The third-order valence-corrected chi connectivity index (χ3v) is 6.40. The number of rotatable bonds is 4. The molecule has 3 aliphatic rings. The molecule has 0 bridgehead atoms. The lowest BCUT2D eigenvalue weighted by atomic mass is 9.95. The van der Waals surface area contributed by atoms with Crippen LogP contribution in [0.2, 0.25) is 0 Å². The molecule has 1 saturated carbocycles. The van der Waals surface area contributed by atoms with Gasteiger partial charge < -0.3 is 14.8 Å². The van der Waals surface area contributed by atoms with Crippen LogP contribution in [-0.4, -0.2) is 51.5 Å². The van der Waals surface area contributed by atoms with Crippen molar-refractivity contribution in [3.8, 4) is 0 Å². The molecule has 3 fully saturated rings. The summed E-state index contributed by atoms with van der Waals surface area (Å²) in [4.78, 5) is 23.6. The maximum Gasteiger partial charge on any atom is 0.226 e. The van der Waals surface area contributed by atoms with Gasteiger partial charge in [0.25, 0.3) is 0 Å². The standard InChI is InChI=1S/C20H25N5O.2ClH/c26-20(18-16-11-22-12-17(16)18)24-8-3-15(4-9-24)19-23-7-10-25(19)13-14-1-5-21-6-2-14;;/h1-2,5-7,10,15-18,22H,3-4,8-9,11-13H2;2*1H/t16-,17+,18?;;. The minimum absolute atomic E-state index is 0. The van der Waals surface area contributed by atoms with Crippen LogP contribution in [0.15, 0.2) is 36.9 Å². The van der Waals surface area contributed by atoms with E-state index in [0.29, 0.717) is 29.6 Å². The number of nitrogens with one attached hydrogen (secondary N) is 1. The second-order valence-electron chi connectivity index (χ2n) is 7.88. The van der Waals surface area contributed by atoms with E-state index in [9.17, 15) is 4.79 Å². The highest BCUT2D eigenvalue weighted by molar-refractivity contribution is 5.85. The van der Waals surface area contributed by atoms with Crippen molar-refractivity contribution in [1.82, 2.24) is 24.8 Å². The summed E-state index contributed by atoms with van der Waals surface area (Å²) in [6.07, 6.45) is 9.65. The summed E-state index contributed by atoms with van der Waals surface area (Å²) >= 11 is 0. The van der Waals surface area contributed by atoms with Gasteiger partial charge in [0.1, 0.15) is 5.82 Å². The first-order valence-corrected chi connectivity index (χ1v) is 9.70. The van der Waals surface area contributed by atoms with Crippen LogP contribution in [0.4, 0.5) is 0 Å². The zero-order valence-electron chi connectivity index (χ0n) is 15.7. The average Bonchev–Trinajstić information content (AvgIpc) is 3.03. The van der Waals surface area contributed by atoms with E-state index in [2.05, 4.69) is 30.9 Å². The van der Waals surface area contributed by atoms with Crippen molar-refractivity contribution in [2.45, 2.75) is 25.3 Å². The lowest BCUT2D eigenvalue weighted by Crippen LogP contribution is -2.40. The molecule has 1 amide bonds. The van der Waals surface area contributed by atoms with Crippen molar-refractivity contribution in [3.63, 3.8) is 0 Å². The van der Waals surface area contributed by atoms with Crippen LogP contribution in [0.1, 0.15) is 30.1 Å². The van der Waals surface area contributed by atoms with Gasteiger partial charge in [-0.3, -0.25) is 9.78 Å². The predicted molar refractivity (Wildman–Crippen MR) is 112 cm³/mol. The van der Waals surface area contributed by atoms with Crippen LogP contribution in [0, 0.1) is 17.8 Å². The molecule has 152 valence electrons. The summed E-state index contributed by atoms with van der Waals surface area (Å²) in [6, 6.07) is 4.10. The first-order chi connectivity index (χ1) is 12.8. The quantitative estimate of drug-likeness (QED) is 0.819. The van der Waals surface area contributed by atoms with Gasteiger partial charge in [0, 0.05) is 56.3 Å². The molecule has 28 heavy (non-hydrogen) atoms. The highest BCUT2D eigenvalue weighted by atomic mass is 35.5. The van der Waals surface area contributed by atoms with Crippen molar-refractivity contribution in [2.75, 3.05) is 26.2 Å². The number of hydrogen-bond acceptors (Lipinski definition) is 4. The maximum atomic E-state index is 12.7. The molecule has 0 spiro atoms. The van der Waals surface area contributed by atoms with Gasteiger partial charge in [0.15, 0.2) is 0 Å². The third kappa shape index (κ3) is 3.91. The van der Waals surface area contributed by atoms with Crippen LogP contribution in [0.25, 0.3) is 0 Å². The normalized spacial score (nSPS) is 26.1. The average molecular weight is 424 g/mol. The van der Waals surface area contributed by atoms with Gasteiger partial charge in [-0.05, 0) is 55.5 Å². The minimum atomic E-state index is 0. The van der Waals surface area contributed by atoms with E-state index in [1.165, 1.54) is 5.56 Å². The van der Waals surface area contributed by atoms with Gasteiger partial charge in [-0.15, -0.1) is 24.8 Å². The van der Waals surface area contributed by atoms with E-state index in [1.807, 2.05) is 30.7 Å². The summed E-state index contributed by atoms with van der Waals surface area (Å²) < 4.78 is 2.24. The second kappa shape index (κ2) is 8.80. The first kappa shape index (κ1) is 21.1. The Hall–Kier alpha value is -1.63. The van der Waals surface area contributed by atoms with E-state index in [1.54, 1.807) is 0 Å². The highest BCUT2D eigenvalue weighted by Gasteiger charge is 2.57. The number of pyridine rings is 1. The Morgan fingerprint density at radius 2 is 1.75 bits per heavy atom. The summed E-state index contributed by atoms with van der Waals surface area (Å²) in [5.74, 6) is 3.53. The Morgan fingerprint density at radius 1 is 1.07 bits per heavy atom. The number of amides is 1. The van der Waals surface area contributed by atoms with Gasteiger partial charge in [-0.25, -0.2) is 4.98 Å². The van der Waals surface area contributed by atoms with E-state index in [4.69, 9.17) is 0 Å². The Morgan fingerprint density at radius 3 is 2.43 bits per heavy atom. The smallest absolute Gasteiger partial charge is 0.226 e. The summed E-state index contributed by atoms with van der Waals surface area (Å²) in [5, 5.41) is 3.38. The molecule has 1 N–H and O–H groups in total. The number of carbonyl (C=O) groups is 1. The van der Waals surface area contributed by atoms with E-state index in [0.717, 1.165) is 51.4 Å². The Labute approximate surface area is 177 Å². The van der Waals surface area contributed by atoms with Crippen molar-refractivity contribution in [2.24, 2.45) is 17.8 Å². The van der Waals surface area contributed by atoms with Gasteiger partial charge in [-0.1, -0.05) is 0 Å². The number of piperidine rings is 2. The van der Waals surface area contributed by atoms with Gasteiger partial charge in [0.2, 0.25) is 5.91 Å². The number of hydrogen-bond donors (Lipinski definition) is 1. The summed E-state index contributed by atoms with van der Waals surface area (Å²) in [7, 11) is 0. The van der Waals surface area contributed by atoms with Crippen molar-refractivity contribution < 1.29 is 4.79 Å². The number of fused-ring (bicyclic) bond motifs is 1. The minimum Gasteiger partial charge on any atom is -0.342 e. The molecule has 0 aromatic carbocycles. The molecule has 2 aromatic rings. The molecule has 8 heteroatoms. The first-order valence-electron chi connectivity index (χ1n) is 9.70. The molecular formula is C20H27Cl2N5O. The van der Waals surface area contributed by atoms with Crippen molar-refractivity contribution >= 4 is 30.7 Å². The van der Waals surface area contributed by atoms with Crippen LogP contribution in [0.3, 0.4) is 0 Å². The SMILES string of the molecule is Cl.Cl.O=C(C1[C@H]2CNC[C@@H]12)N1CCC(c2nccn2Cc2ccncc2)CC1. The van der Waals surface area contributed by atoms with Crippen LogP contribution >= 0.6 is 24.8 Å². The molecule has 3 atom stereocenters. The number of aromatic nitrogens is 3. The van der Waals surface area contributed by atoms with Gasteiger partial charge in [-0.2, -0.15) is 0 Å². The predicted octanol–water partition coefficient (Wildman–Crippen LogP) is 2.34. The lowest BCUT2D eigenvalue weighted by molar-refractivity contribution is -0.134. The van der Waals surface area contributed by atoms with Crippen molar-refractivity contribution in [3.05, 3.63) is 48.3 Å². The van der Waals surface area contributed by atoms with Gasteiger partial charge in [0.05, 0.1) is 0 Å². The molecule has 4 heterocycles. The van der Waals surface area contributed by atoms with Crippen LogP contribution in [-0.2, 0) is 11.3 Å². The number of imidazole rings is 1. The summed E-state index contributed by atoms with van der Waals surface area (Å²) in [5.41, 5.74) is 1.24. The second-order valence-corrected chi connectivity index (χ2v) is 7.88. The highest BCUT2D eigenvalue weighted by Crippen LogP contribution is 2.50. The third-order valence-electron chi connectivity index (χ3n) is 6.40. The van der Waals surface area contributed by atoms with Crippen LogP contribution in [0.5, 0.6) is 0 Å². The Balaban J connectivity index is 0.00000112. The van der Waals surface area contributed by atoms with Crippen molar-refractivity contribution in [1.29, 1.82) is 0 Å². The number of halogens is 2. The van der Waals surface area contributed by atoms with Crippen LogP contribution < -0.4 is 5.32 Å². The van der Waals surface area contributed by atoms with E-state index >= 15 is 0 Å². The van der Waals surface area contributed by atoms with Gasteiger partial charge >= 0.3 is 0 Å². The molecule has 1 aliphatic carbocycles. The molecule has 2 aromatic heterocycles. The zero-order valence-corrected chi connectivity index (χ0v) is 17.4. The van der Waals surface area contributed by atoms with E-state index in [-0.39, 0.29) is 24.8 Å². The molecule has 2 aliphatic heterocycles. The largest absolute Gasteiger partial charge is 0.342 e. The number of carbonyl (C=O) groups excluding carboxylic acids is 1. The Bertz CT molecular complexity index is 781. The maximum absolute atomic E-state index is 12.7. The lowest BCUT2D eigenvalue weighted by Gasteiger charge is -2.32. The molecule has 5 rings (SSSR count). The summed E-state index contributed by atoms with van der Waals surface area (Å²) in [6.45, 7) is 4.63. The Kier molecular flexibility index (Phi) is 6.63. The fourth-order valence-electron chi connectivity index (χ4n) is 4.85. The topological polar surface area (TPSA) is 63.1 Å². The fourth-order valence-corrected chi connectivity index (χ4v) is 4.85. The molecule has 0 radical (unpaired) electrons. The fraction of sp³-hybridized carbons (Fsp3) is 0.550. The molecule has 6 nitrogen and oxygen atoms in total. The monoisotopic (exact) mass is 423 g/mol. The molecular weight excluding hydrogens is 397 g/mol. The molecule has 2 saturated heterocycles. The zero-order chi connectivity index (χ0) is 17.5. The molecule has 1 unspecified atom stereocenters. The number of likely N-dealkylation sites (tertiary alicyclic amines) is 1. The van der Waals surface area contributed by atoms with E-state index < -0.39 is 0 Å². The number of nitrogens with zero attached hydrogens (tertiary/aromatic N) is 4.